The first-order valence-electron chi connectivity index (χ1n) is 9.51. The number of methoxy groups -OCH3 is 1. The number of aromatic nitrogens is 1. The van der Waals surface area contributed by atoms with Gasteiger partial charge < -0.3 is 20.7 Å². The van der Waals surface area contributed by atoms with E-state index in [0.717, 1.165) is 22.6 Å². The summed E-state index contributed by atoms with van der Waals surface area (Å²) in [6.45, 7) is 2.65. The number of aryl methyl sites for hydroxylation is 1. The highest BCUT2D eigenvalue weighted by molar-refractivity contribution is 5.94. The van der Waals surface area contributed by atoms with Crippen molar-refractivity contribution in [2.45, 2.75) is 20.0 Å². The summed E-state index contributed by atoms with van der Waals surface area (Å²) in [6, 6.07) is 17.9. The Morgan fingerprint density at radius 1 is 0.900 bits per heavy atom. The minimum atomic E-state index is -0.292. The molecule has 1 aromatic heterocycles. The molecule has 154 valence electrons. The first-order valence-corrected chi connectivity index (χ1v) is 9.51. The van der Waals surface area contributed by atoms with Gasteiger partial charge in [0.2, 0.25) is 0 Å². The molecule has 2 aromatic carbocycles. The van der Waals surface area contributed by atoms with E-state index in [2.05, 4.69) is 20.9 Å². The van der Waals surface area contributed by atoms with Crippen molar-refractivity contribution in [1.82, 2.24) is 15.6 Å². The molecule has 30 heavy (non-hydrogen) atoms. The van der Waals surface area contributed by atoms with Gasteiger partial charge in [-0.05, 0) is 54.4 Å². The number of nitrogens with zero attached hydrogens (tertiary/aromatic N) is 1. The number of anilines is 1. The van der Waals surface area contributed by atoms with Crippen molar-refractivity contribution in [3.63, 3.8) is 0 Å². The fourth-order valence-electron chi connectivity index (χ4n) is 2.78. The van der Waals surface area contributed by atoms with Gasteiger partial charge in [0.15, 0.2) is 0 Å². The van der Waals surface area contributed by atoms with E-state index in [1.54, 1.807) is 37.6 Å². The lowest BCUT2D eigenvalue weighted by atomic mass is 10.2. The van der Waals surface area contributed by atoms with Crippen molar-refractivity contribution in [2.24, 2.45) is 0 Å². The monoisotopic (exact) mass is 404 g/mol. The second-order valence-electron chi connectivity index (χ2n) is 6.72. The summed E-state index contributed by atoms with van der Waals surface area (Å²) < 4.78 is 5.12. The Bertz CT molecular complexity index is 1000. The number of benzene rings is 2. The van der Waals surface area contributed by atoms with Gasteiger partial charge >= 0.3 is 6.03 Å². The second-order valence-corrected chi connectivity index (χ2v) is 6.72. The van der Waals surface area contributed by atoms with E-state index in [4.69, 9.17) is 4.74 Å². The van der Waals surface area contributed by atoms with Crippen LogP contribution in [0.15, 0.2) is 66.9 Å². The number of pyridine rings is 1. The summed E-state index contributed by atoms with van der Waals surface area (Å²) in [4.78, 5) is 28.4. The van der Waals surface area contributed by atoms with Crippen molar-refractivity contribution in [3.8, 4) is 5.75 Å². The Hall–Kier alpha value is -3.87. The van der Waals surface area contributed by atoms with Gasteiger partial charge in [0.25, 0.3) is 5.91 Å². The molecule has 0 saturated heterocycles. The quantitative estimate of drug-likeness (QED) is 0.560. The summed E-state index contributed by atoms with van der Waals surface area (Å²) in [5, 5.41) is 8.47. The molecule has 7 heteroatoms. The lowest BCUT2D eigenvalue weighted by Crippen LogP contribution is -2.28. The van der Waals surface area contributed by atoms with Gasteiger partial charge in [-0.3, -0.25) is 9.78 Å². The van der Waals surface area contributed by atoms with Crippen molar-refractivity contribution < 1.29 is 14.3 Å². The van der Waals surface area contributed by atoms with E-state index in [1.165, 1.54) is 0 Å². The van der Waals surface area contributed by atoms with E-state index >= 15 is 0 Å². The first-order chi connectivity index (χ1) is 14.5. The standard InChI is InChI=1S/C23H24N4O3/c1-16-13-19(11-12-24-16)22(28)25-14-17-3-7-20(8-4-17)27-23(29)26-15-18-5-9-21(30-2)10-6-18/h3-13H,14-15H2,1-2H3,(H,25,28)(H2,26,27,29). The predicted molar refractivity (Wildman–Crippen MR) is 115 cm³/mol. The fraction of sp³-hybridized carbons (Fsp3) is 0.174. The molecular formula is C23H24N4O3. The number of carbonyl (C=O) groups is 2. The highest BCUT2D eigenvalue weighted by atomic mass is 16.5. The molecule has 3 amide bonds. The van der Waals surface area contributed by atoms with E-state index in [9.17, 15) is 9.59 Å². The number of carbonyl (C=O) groups excluding carboxylic acids is 2. The maximum absolute atomic E-state index is 12.2. The topological polar surface area (TPSA) is 92.4 Å². The van der Waals surface area contributed by atoms with Crippen LogP contribution in [0.3, 0.4) is 0 Å². The number of rotatable bonds is 7. The molecule has 0 radical (unpaired) electrons. The summed E-state index contributed by atoms with van der Waals surface area (Å²) in [6.07, 6.45) is 1.62. The Kier molecular flexibility index (Phi) is 7.00. The molecule has 0 aliphatic rings. The Morgan fingerprint density at radius 2 is 1.53 bits per heavy atom. The summed E-state index contributed by atoms with van der Waals surface area (Å²) in [5.41, 5.74) is 3.94. The number of ether oxygens (including phenoxy) is 1. The van der Waals surface area contributed by atoms with E-state index in [-0.39, 0.29) is 11.9 Å². The van der Waals surface area contributed by atoms with E-state index in [0.29, 0.717) is 24.3 Å². The Balaban J connectivity index is 1.45. The molecule has 1 heterocycles. The molecule has 0 bridgehead atoms. The third-order valence-corrected chi connectivity index (χ3v) is 4.44. The molecule has 0 aliphatic heterocycles. The maximum Gasteiger partial charge on any atom is 0.319 e. The molecule has 0 unspecified atom stereocenters. The van der Waals surface area contributed by atoms with Crippen LogP contribution in [0, 0.1) is 6.92 Å². The van der Waals surface area contributed by atoms with Crippen molar-refractivity contribution in [1.29, 1.82) is 0 Å². The van der Waals surface area contributed by atoms with Crippen LogP contribution in [-0.2, 0) is 13.1 Å². The Labute approximate surface area is 175 Å². The summed E-state index contributed by atoms with van der Waals surface area (Å²) >= 11 is 0. The van der Waals surface area contributed by atoms with Crippen LogP contribution in [-0.4, -0.2) is 24.0 Å². The third-order valence-electron chi connectivity index (χ3n) is 4.44. The van der Waals surface area contributed by atoms with Gasteiger partial charge in [-0.2, -0.15) is 0 Å². The molecule has 3 aromatic rings. The van der Waals surface area contributed by atoms with Gasteiger partial charge in [-0.25, -0.2) is 4.79 Å². The van der Waals surface area contributed by atoms with Crippen LogP contribution in [0.4, 0.5) is 10.5 Å². The van der Waals surface area contributed by atoms with Crippen LogP contribution in [0.2, 0.25) is 0 Å². The molecule has 3 rings (SSSR count). The first kappa shape index (κ1) is 20.9. The lowest BCUT2D eigenvalue weighted by molar-refractivity contribution is 0.0950. The molecular weight excluding hydrogens is 380 g/mol. The summed E-state index contributed by atoms with van der Waals surface area (Å²) in [5.74, 6) is 0.621. The normalized spacial score (nSPS) is 10.2. The molecule has 7 nitrogen and oxygen atoms in total. The highest BCUT2D eigenvalue weighted by Gasteiger charge is 2.06. The van der Waals surface area contributed by atoms with E-state index in [1.807, 2.05) is 43.3 Å². The Morgan fingerprint density at radius 3 is 2.17 bits per heavy atom. The minimum Gasteiger partial charge on any atom is -0.497 e. The van der Waals surface area contributed by atoms with Crippen LogP contribution >= 0.6 is 0 Å². The van der Waals surface area contributed by atoms with E-state index < -0.39 is 0 Å². The molecule has 0 fully saturated rings. The fourth-order valence-corrected chi connectivity index (χ4v) is 2.78. The van der Waals surface area contributed by atoms with Gasteiger partial charge in [0.05, 0.1) is 7.11 Å². The smallest absolute Gasteiger partial charge is 0.319 e. The van der Waals surface area contributed by atoms with Crippen molar-refractivity contribution in [2.75, 3.05) is 12.4 Å². The third kappa shape index (κ3) is 6.07. The van der Waals surface area contributed by atoms with Gasteiger partial charge in [0.1, 0.15) is 5.75 Å². The van der Waals surface area contributed by atoms with Crippen LogP contribution in [0.25, 0.3) is 0 Å². The van der Waals surface area contributed by atoms with Gasteiger partial charge in [-0.15, -0.1) is 0 Å². The van der Waals surface area contributed by atoms with Crippen LogP contribution in [0.1, 0.15) is 27.2 Å². The maximum atomic E-state index is 12.2. The number of hydrogen-bond donors (Lipinski definition) is 3. The van der Waals surface area contributed by atoms with Crippen molar-refractivity contribution >= 4 is 17.6 Å². The predicted octanol–water partition coefficient (Wildman–Crippen LogP) is 3.65. The second kappa shape index (κ2) is 10.1. The largest absolute Gasteiger partial charge is 0.497 e. The number of amides is 3. The number of hydrogen-bond acceptors (Lipinski definition) is 4. The zero-order valence-electron chi connectivity index (χ0n) is 16.9. The SMILES string of the molecule is COc1ccc(CNC(=O)Nc2ccc(CNC(=O)c3ccnc(C)c3)cc2)cc1. The lowest BCUT2D eigenvalue weighted by Gasteiger charge is -2.10. The number of nitrogens with one attached hydrogen (secondary N) is 3. The molecule has 3 N–H and O–H groups in total. The van der Waals surface area contributed by atoms with Crippen LogP contribution < -0.4 is 20.7 Å². The zero-order chi connectivity index (χ0) is 21.3. The zero-order valence-corrected chi connectivity index (χ0v) is 16.9. The molecule has 0 aliphatic carbocycles. The average Bonchev–Trinajstić information content (AvgIpc) is 2.77. The molecule has 0 saturated carbocycles. The van der Waals surface area contributed by atoms with Gasteiger partial charge in [-0.1, -0.05) is 24.3 Å². The minimum absolute atomic E-state index is 0.152. The highest BCUT2D eigenvalue weighted by Crippen LogP contribution is 2.12. The van der Waals surface area contributed by atoms with Gasteiger partial charge in [0, 0.05) is 36.2 Å². The number of urea groups is 1. The average molecular weight is 404 g/mol. The molecule has 0 atom stereocenters. The molecule has 0 spiro atoms. The van der Waals surface area contributed by atoms with Crippen LogP contribution in [0.5, 0.6) is 5.75 Å². The van der Waals surface area contributed by atoms with Crippen molar-refractivity contribution in [3.05, 3.63) is 89.2 Å². The summed E-state index contributed by atoms with van der Waals surface area (Å²) in [7, 11) is 1.61.